The normalized spacial score (nSPS) is 15.7. The fourth-order valence-corrected chi connectivity index (χ4v) is 2.47. The van der Waals surface area contributed by atoms with Crippen LogP contribution in [0.15, 0.2) is 22.7 Å². The third-order valence-electron chi connectivity index (χ3n) is 3.08. The van der Waals surface area contributed by atoms with E-state index in [-0.39, 0.29) is 11.3 Å². The van der Waals surface area contributed by atoms with Crippen LogP contribution in [0, 0.1) is 0 Å². The highest BCUT2D eigenvalue weighted by Crippen LogP contribution is 2.21. The zero-order chi connectivity index (χ0) is 14.5. The second-order valence-electron chi connectivity index (χ2n) is 4.61. The molecule has 1 saturated heterocycles. The van der Waals surface area contributed by atoms with Crippen molar-refractivity contribution in [1.29, 1.82) is 0 Å². The molecule has 2 rings (SSSR count). The minimum atomic E-state index is -1.08. The van der Waals surface area contributed by atoms with Crippen molar-refractivity contribution in [3.05, 3.63) is 28.2 Å². The van der Waals surface area contributed by atoms with Gasteiger partial charge < -0.3 is 10.4 Å². The number of anilines is 1. The number of nitrogens with zero attached hydrogens (tertiary/aromatic N) is 1. The van der Waals surface area contributed by atoms with Gasteiger partial charge in [-0.15, -0.1) is 0 Å². The first-order valence-corrected chi connectivity index (χ1v) is 7.21. The Bertz CT molecular complexity index is 516. The molecule has 2 amide bonds. The molecule has 0 saturated carbocycles. The predicted molar refractivity (Wildman–Crippen MR) is 78.7 cm³/mol. The van der Waals surface area contributed by atoms with Gasteiger partial charge in [0.2, 0.25) is 0 Å². The van der Waals surface area contributed by atoms with Gasteiger partial charge in [0.1, 0.15) is 0 Å². The lowest BCUT2D eigenvalue weighted by atomic mass is 10.2. The van der Waals surface area contributed by atoms with Crippen LogP contribution in [-0.2, 0) is 0 Å². The quantitative estimate of drug-likeness (QED) is 0.789. The molecule has 1 aromatic carbocycles. The number of hydrogen-bond donors (Lipinski definition) is 3. The van der Waals surface area contributed by atoms with E-state index in [4.69, 9.17) is 5.11 Å². The van der Waals surface area contributed by atoms with Crippen LogP contribution >= 0.6 is 15.9 Å². The van der Waals surface area contributed by atoms with Crippen molar-refractivity contribution in [2.24, 2.45) is 0 Å². The zero-order valence-corrected chi connectivity index (χ0v) is 12.4. The molecule has 0 atom stereocenters. The van der Waals surface area contributed by atoms with E-state index in [2.05, 4.69) is 26.7 Å². The number of hydrazine groups is 1. The number of hydrogen-bond acceptors (Lipinski definition) is 3. The van der Waals surface area contributed by atoms with Crippen molar-refractivity contribution < 1.29 is 14.7 Å². The molecule has 20 heavy (non-hydrogen) atoms. The number of amides is 2. The van der Waals surface area contributed by atoms with Gasteiger partial charge >= 0.3 is 12.0 Å². The van der Waals surface area contributed by atoms with Crippen LogP contribution in [-0.4, -0.2) is 35.2 Å². The minimum Gasteiger partial charge on any atom is -0.478 e. The number of rotatable bonds is 3. The SMILES string of the molecule is O=C(Nc1cc(Br)ccc1C(=O)O)NN1CCCCC1. The number of nitrogens with one attached hydrogen (secondary N) is 2. The van der Waals surface area contributed by atoms with E-state index >= 15 is 0 Å². The molecule has 108 valence electrons. The largest absolute Gasteiger partial charge is 0.478 e. The Morgan fingerprint density at radius 3 is 2.55 bits per heavy atom. The van der Waals surface area contributed by atoms with Crippen LogP contribution in [0.2, 0.25) is 0 Å². The fourth-order valence-electron chi connectivity index (χ4n) is 2.11. The molecule has 1 aromatic rings. The Hall–Kier alpha value is -1.60. The minimum absolute atomic E-state index is 0.0574. The maximum Gasteiger partial charge on any atom is 0.337 e. The van der Waals surface area contributed by atoms with Crippen molar-refractivity contribution in [1.82, 2.24) is 10.4 Å². The van der Waals surface area contributed by atoms with E-state index in [1.165, 1.54) is 12.5 Å². The summed E-state index contributed by atoms with van der Waals surface area (Å²) in [4.78, 5) is 23.0. The molecule has 0 aromatic heterocycles. The van der Waals surface area contributed by atoms with Crippen LogP contribution in [0.1, 0.15) is 29.6 Å². The second kappa shape index (κ2) is 6.71. The monoisotopic (exact) mass is 341 g/mol. The van der Waals surface area contributed by atoms with E-state index in [1.54, 1.807) is 12.1 Å². The molecule has 0 aliphatic carbocycles. The summed E-state index contributed by atoms with van der Waals surface area (Å²) in [6, 6.07) is 4.21. The summed E-state index contributed by atoms with van der Waals surface area (Å²) < 4.78 is 0.704. The molecule has 0 spiro atoms. The summed E-state index contributed by atoms with van der Waals surface area (Å²) >= 11 is 3.26. The standard InChI is InChI=1S/C13H16BrN3O3/c14-9-4-5-10(12(18)19)11(8-9)15-13(20)16-17-6-2-1-3-7-17/h4-5,8H,1-3,6-7H2,(H,18,19)(H2,15,16,20). The number of carbonyl (C=O) groups is 2. The van der Waals surface area contributed by atoms with Gasteiger partial charge in [0, 0.05) is 17.6 Å². The van der Waals surface area contributed by atoms with Gasteiger partial charge in [0.05, 0.1) is 11.3 Å². The Labute approximate surface area is 125 Å². The Morgan fingerprint density at radius 1 is 1.20 bits per heavy atom. The van der Waals surface area contributed by atoms with E-state index in [1.807, 2.05) is 5.01 Å². The third-order valence-corrected chi connectivity index (χ3v) is 3.57. The Kier molecular flexibility index (Phi) is 4.97. The average molecular weight is 342 g/mol. The lowest BCUT2D eigenvalue weighted by molar-refractivity contribution is 0.0698. The topological polar surface area (TPSA) is 81.7 Å². The highest BCUT2D eigenvalue weighted by Gasteiger charge is 2.16. The van der Waals surface area contributed by atoms with E-state index < -0.39 is 12.0 Å². The maximum absolute atomic E-state index is 11.9. The number of carboxylic acids is 1. The molecule has 1 heterocycles. The molecular formula is C13H16BrN3O3. The molecule has 6 nitrogen and oxygen atoms in total. The zero-order valence-electron chi connectivity index (χ0n) is 10.9. The summed E-state index contributed by atoms with van der Waals surface area (Å²) in [7, 11) is 0. The Morgan fingerprint density at radius 2 is 1.90 bits per heavy atom. The third kappa shape index (κ3) is 3.94. The van der Waals surface area contributed by atoms with Gasteiger partial charge in [-0.2, -0.15) is 0 Å². The van der Waals surface area contributed by atoms with Crippen molar-refractivity contribution in [2.75, 3.05) is 18.4 Å². The molecule has 1 aliphatic rings. The summed E-state index contributed by atoms with van der Waals surface area (Å²) in [6.07, 6.45) is 3.28. The summed E-state index contributed by atoms with van der Waals surface area (Å²) in [5, 5.41) is 13.5. The van der Waals surface area contributed by atoms with E-state index in [9.17, 15) is 9.59 Å². The van der Waals surface area contributed by atoms with Crippen molar-refractivity contribution >= 4 is 33.6 Å². The van der Waals surface area contributed by atoms with Crippen molar-refractivity contribution in [3.63, 3.8) is 0 Å². The number of benzene rings is 1. The number of piperidine rings is 1. The first-order chi connectivity index (χ1) is 9.56. The van der Waals surface area contributed by atoms with E-state index in [0.717, 1.165) is 25.9 Å². The fraction of sp³-hybridized carbons (Fsp3) is 0.385. The second-order valence-corrected chi connectivity index (χ2v) is 5.52. The highest BCUT2D eigenvalue weighted by molar-refractivity contribution is 9.10. The molecule has 3 N–H and O–H groups in total. The summed E-state index contributed by atoms with van der Waals surface area (Å²) in [5.74, 6) is -1.08. The molecule has 0 bridgehead atoms. The number of aromatic carboxylic acids is 1. The summed E-state index contributed by atoms with van der Waals surface area (Å²) in [5.41, 5.74) is 3.05. The van der Waals surface area contributed by atoms with Crippen molar-refractivity contribution in [3.8, 4) is 0 Å². The number of halogens is 1. The highest BCUT2D eigenvalue weighted by atomic mass is 79.9. The molecular weight excluding hydrogens is 326 g/mol. The van der Waals surface area contributed by atoms with Crippen LogP contribution in [0.3, 0.4) is 0 Å². The van der Waals surface area contributed by atoms with Gasteiger partial charge in [0.25, 0.3) is 0 Å². The predicted octanol–water partition coefficient (Wildman–Crippen LogP) is 2.67. The van der Waals surface area contributed by atoms with Gasteiger partial charge in [-0.1, -0.05) is 22.4 Å². The van der Waals surface area contributed by atoms with Gasteiger partial charge in [0.15, 0.2) is 0 Å². The smallest absolute Gasteiger partial charge is 0.337 e. The maximum atomic E-state index is 11.9. The lowest BCUT2D eigenvalue weighted by Crippen LogP contribution is -2.46. The molecule has 7 heteroatoms. The van der Waals surface area contributed by atoms with Gasteiger partial charge in [-0.3, -0.25) is 5.43 Å². The Balaban J connectivity index is 2.03. The molecule has 0 unspecified atom stereocenters. The van der Waals surface area contributed by atoms with E-state index in [0.29, 0.717) is 4.47 Å². The number of carbonyl (C=O) groups excluding carboxylic acids is 1. The van der Waals surface area contributed by atoms with Crippen LogP contribution in [0.4, 0.5) is 10.5 Å². The van der Waals surface area contributed by atoms with Gasteiger partial charge in [-0.05, 0) is 31.0 Å². The average Bonchev–Trinajstić information content (AvgIpc) is 2.39. The number of urea groups is 1. The van der Waals surface area contributed by atoms with Gasteiger partial charge in [-0.25, -0.2) is 14.6 Å². The first-order valence-electron chi connectivity index (χ1n) is 6.41. The van der Waals surface area contributed by atoms with Crippen LogP contribution in [0.25, 0.3) is 0 Å². The first kappa shape index (κ1) is 14.8. The molecule has 1 fully saturated rings. The molecule has 1 aliphatic heterocycles. The number of carboxylic acid groups (broad SMARTS) is 1. The molecule has 0 radical (unpaired) electrons. The van der Waals surface area contributed by atoms with Crippen LogP contribution < -0.4 is 10.7 Å². The lowest BCUT2D eigenvalue weighted by Gasteiger charge is -2.26. The summed E-state index contributed by atoms with van der Waals surface area (Å²) in [6.45, 7) is 1.63. The van der Waals surface area contributed by atoms with Crippen molar-refractivity contribution in [2.45, 2.75) is 19.3 Å². The van der Waals surface area contributed by atoms with Crippen LogP contribution in [0.5, 0.6) is 0 Å².